The largest absolute Gasteiger partial charge is 0.481 e. The molecule has 2 N–H and O–H groups in total. The van der Waals surface area contributed by atoms with Crippen molar-refractivity contribution in [1.82, 2.24) is 5.32 Å². The number of ether oxygens (including phenoxy) is 2. The van der Waals surface area contributed by atoms with Gasteiger partial charge in [0.15, 0.2) is 0 Å². The predicted octanol–water partition coefficient (Wildman–Crippen LogP) is 9.07. The highest BCUT2D eigenvalue weighted by Gasteiger charge is 2.71. The molecule has 5 aliphatic rings. The van der Waals surface area contributed by atoms with Crippen molar-refractivity contribution in [3.05, 3.63) is 12.2 Å². The molecule has 6 nitrogen and oxygen atoms in total. The van der Waals surface area contributed by atoms with E-state index < -0.39 is 11.4 Å². The lowest BCUT2D eigenvalue weighted by Crippen LogP contribution is -2.66. The van der Waals surface area contributed by atoms with Crippen LogP contribution in [0.5, 0.6) is 0 Å². The second-order valence-corrected chi connectivity index (χ2v) is 19.1. The molecule has 0 amide bonds. The van der Waals surface area contributed by atoms with E-state index in [9.17, 15) is 14.7 Å². The first-order chi connectivity index (χ1) is 21.9. The fourth-order valence-corrected chi connectivity index (χ4v) is 13.4. The molecule has 1 unspecified atom stereocenters. The maximum atomic E-state index is 13.1. The van der Waals surface area contributed by atoms with Crippen LogP contribution in [-0.4, -0.2) is 50.0 Å². The van der Waals surface area contributed by atoms with Crippen molar-refractivity contribution in [2.45, 2.75) is 145 Å². The summed E-state index contributed by atoms with van der Waals surface area (Å²) >= 11 is 0. The van der Waals surface area contributed by atoms with Crippen LogP contribution in [0.3, 0.4) is 0 Å². The number of hydrogen-bond donors (Lipinski definition) is 2. The summed E-state index contributed by atoms with van der Waals surface area (Å²) in [5, 5.41) is 13.2. The van der Waals surface area contributed by atoms with E-state index in [0.29, 0.717) is 34.0 Å². The van der Waals surface area contributed by atoms with Crippen LogP contribution >= 0.6 is 0 Å². The molecule has 0 aromatic rings. The van der Waals surface area contributed by atoms with Crippen molar-refractivity contribution in [1.29, 1.82) is 0 Å². The zero-order valence-corrected chi connectivity index (χ0v) is 31.6. The summed E-state index contributed by atoms with van der Waals surface area (Å²) in [5.41, 5.74) is 1.44. The molecule has 0 aromatic carbocycles. The van der Waals surface area contributed by atoms with Crippen molar-refractivity contribution in [2.24, 2.45) is 62.1 Å². The number of methoxy groups -OCH3 is 1. The van der Waals surface area contributed by atoms with Gasteiger partial charge in [-0.05, 0) is 156 Å². The van der Waals surface area contributed by atoms with Gasteiger partial charge in [-0.25, -0.2) is 0 Å². The summed E-state index contributed by atoms with van der Waals surface area (Å²) in [6, 6.07) is 0. The number of esters is 1. The van der Waals surface area contributed by atoms with E-state index in [4.69, 9.17) is 9.47 Å². The Balaban J connectivity index is 1.36. The highest BCUT2D eigenvalue weighted by molar-refractivity contribution is 5.81. The first-order valence-corrected chi connectivity index (χ1v) is 19.2. The minimum absolute atomic E-state index is 0.0878. The van der Waals surface area contributed by atoms with Gasteiger partial charge < -0.3 is 19.9 Å². The molecule has 47 heavy (non-hydrogen) atoms. The molecule has 268 valence electrons. The number of aliphatic carboxylic acids is 1. The Morgan fingerprint density at radius 3 is 2.28 bits per heavy atom. The fourth-order valence-electron chi connectivity index (χ4n) is 13.4. The average molecular weight is 656 g/mol. The molecule has 0 spiro atoms. The second-order valence-electron chi connectivity index (χ2n) is 19.1. The van der Waals surface area contributed by atoms with Crippen LogP contribution < -0.4 is 5.32 Å². The molecule has 0 radical (unpaired) electrons. The van der Waals surface area contributed by atoms with Crippen molar-refractivity contribution in [3.63, 3.8) is 0 Å². The third kappa shape index (κ3) is 6.06. The summed E-state index contributed by atoms with van der Waals surface area (Å²) in [6.45, 7) is 25.6. The van der Waals surface area contributed by atoms with E-state index in [1.165, 1.54) is 69.8 Å². The molecule has 5 saturated carbocycles. The summed E-state index contributed by atoms with van der Waals surface area (Å²) in [4.78, 5) is 24.8. The van der Waals surface area contributed by atoms with Gasteiger partial charge in [0.05, 0.1) is 18.4 Å². The molecular weight excluding hydrogens is 586 g/mol. The normalized spacial score (nSPS) is 42.4. The van der Waals surface area contributed by atoms with E-state index in [1.807, 2.05) is 0 Å². The van der Waals surface area contributed by atoms with Crippen molar-refractivity contribution < 1.29 is 24.2 Å². The maximum absolute atomic E-state index is 13.1. The Labute approximate surface area is 287 Å². The third-order valence-electron chi connectivity index (χ3n) is 16.1. The lowest BCUT2D eigenvalue weighted by molar-refractivity contribution is -0.250. The van der Waals surface area contributed by atoms with Gasteiger partial charge in [-0.2, -0.15) is 0 Å². The molecule has 5 fully saturated rings. The van der Waals surface area contributed by atoms with Crippen LogP contribution in [-0.2, 0) is 19.1 Å². The van der Waals surface area contributed by atoms with Gasteiger partial charge in [0, 0.05) is 19.1 Å². The number of carboxylic acids is 1. The summed E-state index contributed by atoms with van der Waals surface area (Å²) in [5.74, 6) is 1.99. The molecule has 5 aliphatic carbocycles. The number of hydrogen-bond acceptors (Lipinski definition) is 5. The van der Waals surface area contributed by atoms with E-state index in [1.54, 1.807) is 21.0 Å². The van der Waals surface area contributed by atoms with Gasteiger partial charge in [0.1, 0.15) is 6.10 Å². The Hall–Kier alpha value is -1.40. The molecule has 10 atom stereocenters. The highest BCUT2D eigenvalue weighted by Crippen LogP contribution is 2.78. The van der Waals surface area contributed by atoms with E-state index >= 15 is 0 Å². The summed E-state index contributed by atoms with van der Waals surface area (Å²) in [6.07, 6.45) is 14.8. The first-order valence-electron chi connectivity index (χ1n) is 19.2. The minimum Gasteiger partial charge on any atom is -0.481 e. The molecular formula is C41H69NO5. The Morgan fingerprint density at radius 1 is 0.894 bits per heavy atom. The van der Waals surface area contributed by atoms with Gasteiger partial charge in [0.2, 0.25) is 0 Å². The topological polar surface area (TPSA) is 84.9 Å². The van der Waals surface area contributed by atoms with Crippen LogP contribution in [0.25, 0.3) is 0 Å². The van der Waals surface area contributed by atoms with Crippen LogP contribution in [0.15, 0.2) is 12.2 Å². The van der Waals surface area contributed by atoms with Crippen molar-refractivity contribution >= 4 is 11.9 Å². The number of carbonyl (C=O) groups is 2. The molecule has 6 heteroatoms. The minimum atomic E-state index is -1.12. The molecule has 5 rings (SSSR count). The molecule has 0 bridgehead atoms. The number of allylic oxidation sites excluding steroid dienone is 1. The summed E-state index contributed by atoms with van der Waals surface area (Å²) < 4.78 is 11.4. The Morgan fingerprint density at radius 2 is 1.62 bits per heavy atom. The zero-order valence-electron chi connectivity index (χ0n) is 31.6. The Bertz CT molecular complexity index is 1190. The monoisotopic (exact) mass is 656 g/mol. The van der Waals surface area contributed by atoms with Gasteiger partial charge in [0.25, 0.3) is 0 Å². The van der Waals surface area contributed by atoms with E-state index in [-0.39, 0.29) is 29.3 Å². The average Bonchev–Trinajstić information content (AvgIpc) is 3.36. The lowest BCUT2D eigenvalue weighted by Gasteiger charge is -2.73. The molecule has 0 heterocycles. The molecule has 0 aromatic heterocycles. The van der Waals surface area contributed by atoms with Crippen LogP contribution in [0.4, 0.5) is 0 Å². The Kier molecular flexibility index (Phi) is 10.2. The summed E-state index contributed by atoms with van der Waals surface area (Å²) in [7, 11) is 1.78. The van der Waals surface area contributed by atoms with Gasteiger partial charge in [-0.1, -0.05) is 46.8 Å². The first kappa shape index (κ1) is 36.9. The van der Waals surface area contributed by atoms with Crippen molar-refractivity contribution in [3.8, 4) is 0 Å². The smallest absolute Gasteiger partial charge is 0.309 e. The van der Waals surface area contributed by atoms with Gasteiger partial charge in [-0.15, -0.1) is 0 Å². The van der Waals surface area contributed by atoms with Crippen LogP contribution in [0.2, 0.25) is 0 Å². The predicted molar refractivity (Wildman–Crippen MR) is 189 cm³/mol. The zero-order chi connectivity index (χ0) is 34.6. The number of carbonyl (C=O) groups excluding carboxylic acids is 1. The standard InChI is InChI=1S/C41H69NO5/c1-27(2)28-14-20-41(17-11-23-42-24-25-46-10)22-21-39(8)29(34(28)41)12-13-31-38(7)18-16-32(47-33(43)26-36(3,4)35(44)45)37(5,6)30(38)15-19-40(31,39)9/h28-32,34,42H,1,11-26H2,2-10H3,(H,44,45)/t28?,29-,30+,31-,32+,34-,38+,39-,40-,41-/m1/s1. The van der Waals surface area contributed by atoms with Crippen LogP contribution in [0, 0.1) is 62.1 Å². The molecule has 0 saturated heterocycles. The SMILES string of the molecule is C=C(C)C1CC[C@]2(CCCNCCOC)CC[C@]3(C)[C@H](CC[C@@H]4[C@@]5(C)CC[C@H](OC(=O)CC(C)(C)C(=O)O)C(C)(C)[C@@H]5CC[C@]43C)[C@@H]12. The number of carboxylic acid groups (broad SMARTS) is 1. The van der Waals surface area contributed by atoms with Crippen LogP contribution in [0.1, 0.15) is 139 Å². The fraction of sp³-hybridized carbons (Fsp3) is 0.902. The van der Waals surface area contributed by atoms with E-state index in [0.717, 1.165) is 44.4 Å². The quantitative estimate of drug-likeness (QED) is 0.124. The van der Waals surface area contributed by atoms with E-state index in [2.05, 4.69) is 53.4 Å². The molecule has 0 aliphatic heterocycles. The highest BCUT2D eigenvalue weighted by atomic mass is 16.5. The number of nitrogens with one attached hydrogen (secondary N) is 1. The van der Waals surface area contributed by atoms with Crippen molar-refractivity contribution in [2.75, 3.05) is 26.8 Å². The maximum Gasteiger partial charge on any atom is 0.309 e. The van der Waals surface area contributed by atoms with Gasteiger partial charge >= 0.3 is 11.9 Å². The number of fused-ring (bicyclic) bond motifs is 7. The second kappa shape index (κ2) is 13.1. The third-order valence-corrected chi connectivity index (χ3v) is 16.1. The lowest BCUT2D eigenvalue weighted by atomic mass is 9.32. The van der Waals surface area contributed by atoms with Gasteiger partial charge in [-0.3, -0.25) is 9.59 Å². The number of rotatable bonds is 12.